The molecular formula is C20H15BrClN5O3S. The summed E-state index contributed by atoms with van der Waals surface area (Å²) < 4.78 is 28.0. The Morgan fingerprint density at radius 2 is 1.84 bits per heavy atom. The van der Waals surface area contributed by atoms with Crippen molar-refractivity contribution < 1.29 is 13.2 Å². The lowest BCUT2D eigenvalue weighted by Gasteiger charge is -2.12. The zero-order valence-electron chi connectivity index (χ0n) is 16.0. The Labute approximate surface area is 191 Å². The van der Waals surface area contributed by atoms with E-state index in [1.807, 2.05) is 6.92 Å². The number of aryl methyl sites for hydroxylation is 1. The summed E-state index contributed by atoms with van der Waals surface area (Å²) in [5.41, 5.74) is 7.13. The van der Waals surface area contributed by atoms with Gasteiger partial charge in [-0.25, -0.2) is 12.4 Å². The monoisotopic (exact) mass is 519 g/mol. The van der Waals surface area contributed by atoms with Crippen LogP contribution in [0.5, 0.6) is 0 Å². The molecule has 2 aromatic carbocycles. The van der Waals surface area contributed by atoms with Gasteiger partial charge < -0.3 is 11.1 Å². The molecule has 4 rings (SSSR count). The van der Waals surface area contributed by atoms with Crippen LogP contribution in [-0.4, -0.2) is 28.3 Å². The number of benzene rings is 2. The van der Waals surface area contributed by atoms with Crippen LogP contribution >= 0.6 is 27.5 Å². The van der Waals surface area contributed by atoms with Crippen LogP contribution in [0.1, 0.15) is 15.9 Å². The van der Waals surface area contributed by atoms with Crippen molar-refractivity contribution in [2.45, 2.75) is 11.8 Å². The molecule has 0 unspecified atom stereocenters. The molecule has 158 valence electrons. The molecule has 0 fully saturated rings. The fourth-order valence-corrected chi connectivity index (χ4v) is 4.86. The lowest BCUT2D eigenvalue weighted by atomic mass is 10.1. The quantitative estimate of drug-likeness (QED) is 0.380. The van der Waals surface area contributed by atoms with Crippen molar-refractivity contribution in [1.29, 1.82) is 0 Å². The van der Waals surface area contributed by atoms with Gasteiger partial charge in [-0.1, -0.05) is 33.6 Å². The molecule has 0 aliphatic carbocycles. The van der Waals surface area contributed by atoms with Gasteiger partial charge in [-0.05, 0) is 54.9 Å². The third kappa shape index (κ3) is 4.01. The van der Waals surface area contributed by atoms with E-state index in [1.165, 1.54) is 18.3 Å². The highest BCUT2D eigenvalue weighted by Gasteiger charge is 2.22. The number of anilines is 2. The highest BCUT2D eigenvalue weighted by molar-refractivity contribution is 9.10. The summed E-state index contributed by atoms with van der Waals surface area (Å²) in [5.74, 6) is -0.405. The number of nitrogens with one attached hydrogen (secondary N) is 1. The Hall–Kier alpha value is -2.95. The Kier molecular flexibility index (Phi) is 5.46. The van der Waals surface area contributed by atoms with Gasteiger partial charge in [0.15, 0.2) is 5.65 Å². The number of fused-ring (bicyclic) bond motifs is 1. The summed E-state index contributed by atoms with van der Waals surface area (Å²) in [6, 6.07) is 13.0. The van der Waals surface area contributed by atoms with E-state index in [2.05, 4.69) is 31.2 Å². The van der Waals surface area contributed by atoms with Gasteiger partial charge in [0.1, 0.15) is 5.82 Å². The van der Waals surface area contributed by atoms with Crippen molar-refractivity contribution in [3.63, 3.8) is 0 Å². The molecule has 1 amide bonds. The van der Waals surface area contributed by atoms with E-state index in [1.54, 1.807) is 36.4 Å². The van der Waals surface area contributed by atoms with E-state index < -0.39 is 15.9 Å². The molecule has 0 radical (unpaired) electrons. The standard InChI is InChI=1S/C20H15BrClN5O3S/c1-11-2-5-13(6-3-11)31(29,30)27-9-8-14-18(25-20(22)26-19(14)27)24-16-7-4-12(21)10-15(16)17(23)28/h2-10H,1H3,(H2,23,28)(H,24,25,26). The average molecular weight is 521 g/mol. The highest BCUT2D eigenvalue weighted by Crippen LogP contribution is 2.30. The molecule has 0 aliphatic heterocycles. The summed E-state index contributed by atoms with van der Waals surface area (Å²) in [5, 5.41) is 3.25. The molecule has 2 heterocycles. The fraction of sp³-hybridized carbons (Fsp3) is 0.0500. The maximum Gasteiger partial charge on any atom is 0.269 e. The van der Waals surface area contributed by atoms with Gasteiger partial charge in [0.25, 0.3) is 15.9 Å². The van der Waals surface area contributed by atoms with Crippen LogP contribution in [0.25, 0.3) is 11.0 Å². The molecule has 31 heavy (non-hydrogen) atoms. The summed E-state index contributed by atoms with van der Waals surface area (Å²) in [4.78, 5) is 20.2. The van der Waals surface area contributed by atoms with E-state index in [9.17, 15) is 13.2 Å². The number of primary amides is 1. The van der Waals surface area contributed by atoms with E-state index in [-0.39, 0.29) is 27.2 Å². The van der Waals surface area contributed by atoms with Crippen molar-refractivity contribution in [2.24, 2.45) is 5.73 Å². The summed E-state index contributed by atoms with van der Waals surface area (Å²) in [6.07, 6.45) is 1.38. The maximum absolute atomic E-state index is 13.2. The summed E-state index contributed by atoms with van der Waals surface area (Å²) >= 11 is 9.39. The number of halogens is 2. The zero-order chi connectivity index (χ0) is 22.3. The molecule has 0 saturated heterocycles. The van der Waals surface area contributed by atoms with Crippen molar-refractivity contribution in [2.75, 3.05) is 5.32 Å². The molecule has 4 aromatic rings. The first-order valence-electron chi connectivity index (χ1n) is 8.90. The van der Waals surface area contributed by atoms with Crippen LogP contribution in [-0.2, 0) is 10.0 Å². The number of aromatic nitrogens is 3. The normalized spacial score (nSPS) is 11.6. The van der Waals surface area contributed by atoms with E-state index in [4.69, 9.17) is 17.3 Å². The number of amides is 1. The number of nitrogens with two attached hydrogens (primary N) is 1. The average Bonchev–Trinajstić information content (AvgIpc) is 3.14. The van der Waals surface area contributed by atoms with Crippen molar-refractivity contribution >= 4 is 66.0 Å². The van der Waals surface area contributed by atoms with Gasteiger partial charge in [0.2, 0.25) is 5.28 Å². The number of rotatable bonds is 5. The van der Waals surface area contributed by atoms with E-state index >= 15 is 0 Å². The minimum atomic E-state index is -3.91. The van der Waals surface area contributed by atoms with Crippen molar-refractivity contribution in [3.05, 3.63) is 75.6 Å². The Balaban J connectivity index is 1.85. The zero-order valence-corrected chi connectivity index (χ0v) is 19.2. The Morgan fingerprint density at radius 1 is 1.13 bits per heavy atom. The summed E-state index contributed by atoms with van der Waals surface area (Å²) in [6.45, 7) is 1.87. The van der Waals surface area contributed by atoms with Crippen LogP contribution < -0.4 is 11.1 Å². The molecule has 0 aliphatic rings. The topological polar surface area (TPSA) is 120 Å². The van der Waals surface area contributed by atoms with Gasteiger partial charge in [0.05, 0.1) is 21.5 Å². The Bertz CT molecular complexity index is 1440. The molecule has 8 nitrogen and oxygen atoms in total. The molecule has 0 atom stereocenters. The van der Waals surface area contributed by atoms with Crippen molar-refractivity contribution in [1.82, 2.24) is 13.9 Å². The second-order valence-corrected chi connectivity index (χ2v) is 9.76. The van der Waals surface area contributed by atoms with Gasteiger partial charge in [-0.15, -0.1) is 0 Å². The lowest BCUT2D eigenvalue weighted by molar-refractivity contribution is 0.100. The predicted octanol–water partition coefficient (Wildman–Crippen LogP) is 4.24. The van der Waals surface area contributed by atoms with E-state index in [0.29, 0.717) is 15.5 Å². The number of nitrogens with zero attached hydrogens (tertiary/aromatic N) is 3. The van der Waals surface area contributed by atoms with Gasteiger partial charge in [-0.3, -0.25) is 4.79 Å². The van der Waals surface area contributed by atoms with Crippen LogP contribution in [0.3, 0.4) is 0 Å². The largest absolute Gasteiger partial charge is 0.366 e. The molecule has 0 saturated carbocycles. The SMILES string of the molecule is Cc1ccc(S(=O)(=O)n2ccc3c(Nc4ccc(Br)cc4C(N)=O)nc(Cl)nc32)cc1. The molecule has 0 bridgehead atoms. The fourth-order valence-electron chi connectivity index (χ4n) is 3.04. The molecule has 3 N–H and O–H groups in total. The first kappa shape index (κ1) is 21.3. The van der Waals surface area contributed by atoms with E-state index in [0.717, 1.165) is 9.54 Å². The van der Waals surface area contributed by atoms with Crippen molar-refractivity contribution in [3.8, 4) is 0 Å². The lowest BCUT2D eigenvalue weighted by Crippen LogP contribution is -2.14. The molecule has 2 aromatic heterocycles. The molecule has 0 spiro atoms. The van der Waals surface area contributed by atoms with Gasteiger partial charge >= 0.3 is 0 Å². The second-order valence-electron chi connectivity index (χ2n) is 6.69. The molecular weight excluding hydrogens is 506 g/mol. The van der Waals surface area contributed by atoms with Crippen LogP contribution in [0.2, 0.25) is 5.28 Å². The predicted molar refractivity (Wildman–Crippen MR) is 122 cm³/mol. The minimum absolute atomic E-state index is 0.0980. The number of hydrogen-bond donors (Lipinski definition) is 2. The highest BCUT2D eigenvalue weighted by atomic mass is 79.9. The first-order valence-corrected chi connectivity index (χ1v) is 11.5. The Morgan fingerprint density at radius 3 is 2.52 bits per heavy atom. The maximum atomic E-state index is 13.2. The number of carbonyl (C=O) groups is 1. The second kappa shape index (κ2) is 7.95. The molecule has 11 heteroatoms. The van der Waals surface area contributed by atoms with Gasteiger partial charge in [-0.2, -0.15) is 9.97 Å². The third-order valence-corrected chi connectivity index (χ3v) is 6.90. The van der Waals surface area contributed by atoms with Crippen LogP contribution in [0.15, 0.2) is 64.1 Å². The number of carbonyl (C=O) groups excluding carboxylic acids is 1. The number of hydrogen-bond acceptors (Lipinski definition) is 6. The first-order chi connectivity index (χ1) is 14.7. The summed E-state index contributed by atoms with van der Waals surface area (Å²) in [7, 11) is -3.91. The minimum Gasteiger partial charge on any atom is -0.366 e. The smallest absolute Gasteiger partial charge is 0.269 e. The van der Waals surface area contributed by atoms with Crippen LogP contribution in [0.4, 0.5) is 11.5 Å². The van der Waals surface area contributed by atoms with Gasteiger partial charge in [0, 0.05) is 10.7 Å². The van der Waals surface area contributed by atoms with Crippen LogP contribution in [0, 0.1) is 6.92 Å². The third-order valence-electron chi connectivity index (χ3n) is 4.56.